The quantitative estimate of drug-likeness (QED) is 0.339. The third kappa shape index (κ3) is 7.27. The third-order valence-corrected chi connectivity index (χ3v) is 17.0. The molecule has 4 aliphatic heterocycles. The molecule has 2 aromatic carbocycles. The van der Waals surface area contributed by atoms with Gasteiger partial charge in [-0.1, -0.05) is 37.4 Å². The molecule has 6 aliphatic rings. The Labute approximate surface area is 323 Å². The van der Waals surface area contributed by atoms with Gasteiger partial charge in [0.05, 0.1) is 27.6 Å². The predicted octanol–water partition coefficient (Wildman–Crippen LogP) is 6.96. The maximum absolute atomic E-state index is 14.1. The number of rotatable bonds is 3. The number of piperazine rings is 1. The van der Waals surface area contributed by atoms with Crippen LogP contribution in [0.15, 0.2) is 36.4 Å². The summed E-state index contributed by atoms with van der Waals surface area (Å²) in [5, 5.41) is 0.510. The number of ether oxygens (including phenoxy) is 2. The van der Waals surface area contributed by atoms with E-state index in [4.69, 9.17) is 21.1 Å². The van der Waals surface area contributed by atoms with Crippen LogP contribution in [-0.4, -0.2) is 102 Å². The van der Waals surface area contributed by atoms with Crippen LogP contribution in [-0.2, 0) is 26.3 Å². The Morgan fingerprint density at radius 2 is 1.87 bits per heavy atom. The number of fused-ring (bicyclic) bond motifs is 5. The molecule has 10 heteroatoms. The fourth-order valence-corrected chi connectivity index (χ4v) is 12.8. The second kappa shape index (κ2) is 15.0. The first-order chi connectivity index (χ1) is 25.5. The summed E-state index contributed by atoms with van der Waals surface area (Å²) in [5.41, 5.74) is 3.62. The number of benzene rings is 2. The number of nitrogens with zero attached hydrogens (tertiary/aromatic N) is 3. The van der Waals surface area contributed by atoms with Crippen LogP contribution in [0.25, 0.3) is 0 Å². The van der Waals surface area contributed by atoms with E-state index in [-0.39, 0.29) is 28.1 Å². The molecular weight excluding hydrogens is 704 g/mol. The molecule has 3 fully saturated rings. The van der Waals surface area contributed by atoms with Gasteiger partial charge in [0.15, 0.2) is 0 Å². The van der Waals surface area contributed by atoms with Crippen molar-refractivity contribution in [3.05, 3.63) is 58.1 Å². The van der Waals surface area contributed by atoms with Gasteiger partial charge in [-0.2, -0.15) is 0 Å². The normalized spacial score (nSPS) is 36.9. The molecule has 1 saturated carbocycles. The maximum atomic E-state index is 14.1. The molecule has 1 amide bonds. The van der Waals surface area contributed by atoms with Crippen molar-refractivity contribution in [3.63, 3.8) is 0 Å². The minimum absolute atomic E-state index is 0.131. The van der Waals surface area contributed by atoms with Gasteiger partial charge >= 0.3 is 0 Å². The lowest BCUT2D eigenvalue weighted by atomic mass is 9.62. The van der Waals surface area contributed by atoms with Gasteiger partial charge in [-0.15, -0.1) is 0 Å². The number of hydrogen-bond donors (Lipinski definition) is 1. The van der Waals surface area contributed by atoms with Crippen LogP contribution >= 0.6 is 11.6 Å². The van der Waals surface area contributed by atoms with Gasteiger partial charge in [0.25, 0.3) is 5.91 Å². The molecule has 0 radical (unpaired) electrons. The maximum Gasteiger partial charge on any atom is 0.262 e. The summed E-state index contributed by atoms with van der Waals surface area (Å²) in [6, 6.07) is 12.8. The molecule has 53 heavy (non-hydrogen) atoms. The van der Waals surface area contributed by atoms with Crippen molar-refractivity contribution in [1.82, 2.24) is 14.5 Å². The molecule has 1 N–H and O–H groups in total. The van der Waals surface area contributed by atoms with Crippen LogP contribution in [0.5, 0.6) is 5.75 Å². The highest BCUT2D eigenvalue weighted by Crippen LogP contribution is 2.50. The molecule has 8 nitrogen and oxygen atoms in total. The summed E-state index contributed by atoms with van der Waals surface area (Å²) in [7, 11) is -0.945. The Hall–Kier alpha value is -2.30. The van der Waals surface area contributed by atoms with E-state index in [1.807, 2.05) is 38.3 Å². The summed E-state index contributed by atoms with van der Waals surface area (Å²) >= 11 is 6.54. The zero-order valence-corrected chi connectivity index (χ0v) is 33.8. The monoisotopic (exact) mass is 764 g/mol. The van der Waals surface area contributed by atoms with Gasteiger partial charge in [0.2, 0.25) is 0 Å². The van der Waals surface area contributed by atoms with E-state index in [1.54, 1.807) is 0 Å². The lowest BCUT2D eigenvalue weighted by molar-refractivity contribution is -0.136. The van der Waals surface area contributed by atoms with E-state index in [1.165, 1.54) is 36.9 Å². The van der Waals surface area contributed by atoms with Gasteiger partial charge in [-0.25, -0.2) is 4.21 Å². The molecule has 1 spiro atoms. The van der Waals surface area contributed by atoms with Crippen molar-refractivity contribution < 1.29 is 18.5 Å². The van der Waals surface area contributed by atoms with E-state index in [9.17, 15) is 9.00 Å². The number of piperidine rings is 1. The van der Waals surface area contributed by atoms with Crippen LogP contribution in [0.2, 0.25) is 5.02 Å². The molecule has 8 rings (SSSR count). The average Bonchev–Trinajstić information content (AvgIpc) is 3.28. The topological polar surface area (TPSA) is 74.4 Å². The van der Waals surface area contributed by atoms with Crippen molar-refractivity contribution in [3.8, 4) is 5.75 Å². The van der Waals surface area contributed by atoms with Crippen LogP contribution in [0.4, 0.5) is 5.69 Å². The predicted molar refractivity (Wildman–Crippen MR) is 217 cm³/mol. The zero-order valence-electron chi connectivity index (χ0n) is 32.3. The summed E-state index contributed by atoms with van der Waals surface area (Å²) in [6.07, 6.45) is 12.3. The Morgan fingerprint density at radius 3 is 2.68 bits per heavy atom. The molecule has 1 unspecified atom stereocenters. The SMILES string of the molecule is C=S1(=O)NC(=O)c2ccc3c(c2)N(C[C@@H]2CC[C@H]2[C@](CN2CCN4CCCC[C@@H]4C2)(OC)CCC[C@H](C)[C@H]1C)C[C@@]1(CCCc2cc(Cl)ccc21)CO3. The fraction of sp³-hybridized carbons (Fsp3) is 0.674. The number of nitrogens with one attached hydrogen (secondary N) is 1. The summed E-state index contributed by atoms with van der Waals surface area (Å²) in [6.45, 7) is 12.0. The Balaban J connectivity index is 1.17. The molecule has 2 aromatic rings. The van der Waals surface area contributed by atoms with Gasteiger partial charge in [0, 0.05) is 73.7 Å². The lowest BCUT2D eigenvalue weighted by Crippen LogP contribution is -2.62. The highest BCUT2D eigenvalue weighted by Gasteiger charge is 2.51. The Bertz CT molecular complexity index is 1790. The van der Waals surface area contributed by atoms with Crippen LogP contribution in [0, 0.1) is 17.8 Å². The first-order valence-electron chi connectivity index (χ1n) is 20.5. The molecule has 0 aromatic heterocycles. The number of aryl methyl sites for hydroxylation is 1. The van der Waals surface area contributed by atoms with Crippen molar-refractivity contribution in [1.29, 1.82) is 0 Å². The van der Waals surface area contributed by atoms with Crippen molar-refractivity contribution in [2.45, 2.75) is 107 Å². The van der Waals surface area contributed by atoms with Gasteiger partial charge in [-0.05, 0) is 136 Å². The molecule has 2 aliphatic carbocycles. The van der Waals surface area contributed by atoms with Crippen molar-refractivity contribution >= 4 is 38.8 Å². The first-order valence-corrected chi connectivity index (χ1v) is 22.7. The number of carbonyl (C=O) groups is 1. The Morgan fingerprint density at radius 1 is 1.00 bits per heavy atom. The molecular formula is C43H61ClN4O4S. The number of anilines is 1. The smallest absolute Gasteiger partial charge is 0.262 e. The van der Waals surface area contributed by atoms with Gasteiger partial charge in [-0.3, -0.25) is 19.3 Å². The van der Waals surface area contributed by atoms with Crippen LogP contribution < -0.4 is 14.4 Å². The second-order valence-corrected chi connectivity index (χ2v) is 20.5. The molecule has 4 heterocycles. The average molecular weight is 766 g/mol. The second-order valence-electron chi connectivity index (χ2n) is 17.7. The molecule has 290 valence electrons. The van der Waals surface area contributed by atoms with E-state index >= 15 is 0 Å². The summed E-state index contributed by atoms with van der Waals surface area (Å²) in [5.74, 6) is 5.58. The summed E-state index contributed by atoms with van der Waals surface area (Å²) in [4.78, 5) is 21.8. The summed E-state index contributed by atoms with van der Waals surface area (Å²) < 4.78 is 30.7. The first kappa shape index (κ1) is 37.6. The number of halogens is 1. The number of carbonyl (C=O) groups excluding carboxylic acids is 1. The molecule has 2 saturated heterocycles. The lowest BCUT2D eigenvalue weighted by Gasteiger charge is -2.54. The van der Waals surface area contributed by atoms with Crippen LogP contribution in [0.1, 0.15) is 99.5 Å². The standard InChI is InChI=1S/C43H61ClN4O4S/c1-30-9-7-19-43(51-3,28-46-21-22-47-20-6-5-11-36(47)26-46)38-15-12-34(38)25-48-27-42(18-8-10-32-23-35(44)14-16-37(32)42)29-52-40-17-13-33(24-39(40)48)41(49)45-53(4,50)31(30)2/h13-14,16-17,23-24,30-31,34,36,38H,4-12,15,18-22,25-29H2,1-3H3,(H,45,49,50)/t30-,31+,34-,36+,38+,42-,43-,53?/m0/s1. The number of amides is 1. The third-order valence-electron chi connectivity index (χ3n) is 14.6. The highest BCUT2D eigenvalue weighted by atomic mass is 35.5. The van der Waals surface area contributed by atoms with E-state index in [2.05, 4.69) is 44.3 Å². The number of hydrogen-bond acceptors (Lipinski definition) is 7. The van der Waals surface area contributed by atoms with Crippen LogP contribution in [0.3, 0.4) is 0 Å². The molecule has 2 bridgehead atoms. The number of methoxy groups -OCH3 is 1. The van der Waals surface area contributed by atoms with E-state index in [0.29, 0.717) is 30.0 Å². The Kier molecular flexibility index (Phi) is 10.6. The van der Waals surface area contributed by atoms with E-state index in [0.717, 1.165) is 107 Å². The highest BCUT2D eigenvalue weighted by molar-refractivity contribution is 7.99. The zero-order chi connectivity index (χ0) is 37.0. The van der Waals surface area contributed by atoms with Gasteiger partial charge < -0.3 is 14.4 Å². The van der Waals surface area contributed by atoms with Crippen molar-refractivity contribution in [2.75, 3.05) is 64.4 Å². The molecule has 8 atom stereocenters. The largest absolute Gasteiger partial charge is 0.490 e. The van der Waals surface area contributed by atoms with E-state index < -0.39 is 9.71 Å². The van der Waals surface area contributed by atoms with Gasteiger partial charge in [0.1, 0.15) is 5.75 Å². The van der Waals surface area contributed by atoms with Crippen molar-refractivity contribution in [2.24, 2.45) is 17.8 Å². The minimum Gasteiger partial charge on any atom is -0.490 e. The fourth-order valence-electron chi connectivity index (χ4n) is 11.1. The minimum atomic E-state index is -2.91.